The summed E-state index contributed by atoms with van der Waals surface area (Å²) >= 11 is 0. The second-order valence-corrected chi connectivity index (χ2v) is 3.79. The molecule has 0 aliphatic heterocycles. The van der Waals surface area contributed by atoms with E-state index >= 15 is 0 Å². The number of hydrogen-bond donors (Lipinski definition) is 0. The Kier molecular flexibility index (Phi) is 2.57. The molecule has 2 rings (SSSR count). The van der Waals surface area contributed by atoms with Crippen molar-refractivity contribution in [2.45, 2.75) is 12.0 Å². The van der Waals surface area contributed by atoms with Crippen LogP contribution in [0.25, 0.3) is 6.08 Å². The highest BCUT2D eigenvalue weighted by atomic mass is 16.5. The fourth-order valence-corrected chi connectivity index (χ4v) is 1.69. The van der Waals surface area contributed by atoms with Gasteiger partial charge in [0.25, 0.3) is 0 Å². The number of benzene rings is 1. The molecule has 0 spiro atoms. The van der Waals surface area contributed by atoms with Crippen LogP contribution in [0, 0.1) is 17.2 Å². The molecule has 2 atom stereocenters. The van der Waals surface area contributed by atoms with Crippen LogP contribution in [0.3, 0.4) is 0 Å². The van der Waals surface area contributed by atoms with Gasteiger partial charge in [-0.05, 0) is 5.56 Å². The Bertz CT molecular complexity index is 404. The Labute approximate surface area is 89.8 Å². The molecule has 1 aromatic rings. The van der Waals surface area contributed by atoms with E-state index in [2.05, 4.69) is 6.07 Å². The lowest BCUT2D eigenvalue weighted by Crippen LogP contribution is -2.10. The van der Waals surface area contributed by atoms with Crippen molar-refractivity contribution >= 4 is 6.08 Å². The van der Waals surface area contributed by atoms with Gasteiger partial charge in [0, 0.05) is 13.5 Å². The zero-order chi connectivity index (χ0) is 10.7. The molecule has 0 aromatic heterocycles. The summed E-state index contributed by atoms with van der Waals surface area (Å²) in [6.07, 6.45) is 4.82. The Morgan fingerprint density at radius 2 is 2.20 bits per heavy atom. The van der Waals surface area contributed by atoms with Crippen LogP contribution in [-0.2, 0) is 4.74 Å². The first kappa shape index (κ1) is 9.95. The van der Waals surface area contributed by atoms with Gasteiger partial charge >= 0.3 is 0 Å². The van der Waals surface area contributed by atoms with Crippen molar-refractivity contribution in [1.82, 2.24) is 0 Å². The first-order valence-electron chi connectivity index (χ1n) is 5.00. The highest BCUT2D eigenvalue weighted by Gasteiger charge is 2.53. The Hall–Kier alpha value is -1.59. The molecule has 0 saturated heterocycles. The summed E-state index contributed by atoms with van der Waals surface area (Å²) in [6.45, 7) is 0. The van der Waals surface area contributed by atoms with Gasteiger partial charge in [0.2, 0.25) is 0 Å². The third kappa shape index (κ3) is 1.93. The number of ether oxygens (including phenoxy) is 1. The number of nitriles is 1. The lowest BCUT2D eigenvalue weighted by molar-refractivity contribution is 0.114. The summed E-state index contributed by atoms with van der Waals surface area (Å²) in [5.74, 6) is 0.0162. The fraction of sp³-hybridized carbons (Fsp3) is 0.308. The van der Waals surface area contributed by atoms with Crippen molar-refractivity contribution in [2.75, 3.05) is 7.11 Å². The molecule has 0 amide bonds. The summed E-state index contributed by atoms with van der Waals surface area (Å²) in [7, 11) is 1.66. The van der Waals surface area contributed by atoms with E-state index in [0.29, 0.717) is 0 Å². The molecule has 1 fully saturated rings. The molecule has 15 heavy (non-hydrogen) atoms. The Morgan fingerprint density at radius 3 is 2.73 bits per heavy atom. The zero-order valence-electron chi connectivity index (χ0n) is 8.68. The zero-order valence-corrected chi connectivity index (χ0v) is 8.68. The minimum absolute atomic E-state index is 0.0162. The summed E-state index contributed by atoms with van der Waals surface area (Å²) < 4.78 is 5.36. The number of rotatable bonds is 3. The second-order valence-electron chi connectivity index (χ2n) is 3.79. The second kappa shape index (κ2) is 3.88. The molecule has 0 radical (unpaired) electrons. The molecule has 76 valence electrons. The maximum absolute atomic E-state index is 8.81. The fourth-order valence-electron chi connectivity index (χ4n) is 1.69. The maximum atomic E-state index is 8.81. The third-order valence-corrected chi connectivity index (χ3v) is 2.85. The predicted molar refractivity (Wildman–Crippen MR) is 58.9 cm³/mol. The van der Waals surface area contributed by atoms with Gasteiger partial charge in [0.05, 0.1) is 12.0 Å². The number of methoxy groups -OCH3 is 1. The molecule has 1 aliphatic rings. The predicted octanol–water partition coefficient (Wildman–Crippen LogP) is 2.63. The van der Waals surface area contributed by atoms with Crippen molar-refractivity contribution in [3.05, 3.63) is 42.0 Å². The topological polar surface area (TPSA) is 33.0 Å². The molecule has 0 heterocycles. The van der Waals surface area contributed by atoms with E-state index in [1.807, 2.05) is 42.5 Å². The molecule has 1 aliphatic carbocycles. The SMILES string of the molecule is CO[C@]1(/C=C/c2ccccc2)C[C@@H]1C#N. The molecular weight excluding hydrogens is 186 g/mol. The third-order valence-electron chi connectivity index (χ3n) is 2.85. The number of hydrogen-bond acceptors (Lipinski definition) is 2. The molecule has 0 unspecified atom stereocenters. The molecule has 2 heteroatoms. The summed E-state index contributed by atoms with van der Waals surface area (Å²) in [6, 6.07) is 12.3. The first-order chi connectivity index (χ1) is 7.30. The summed E-state index contributed by atoms with van der Waals surface area (Å²) in [4.78, 5) is 0. The van der Waals surface area contributed by atoms with Crippen LogP contribution in [0.4, 0.5) is 0 Å². The van der Waals surface area contributed by atoms with Crippen LogP contribution >= 0.6 is 0 Å². The van der Waals surface area contributed by atoms with Crippen molar-refractivity contribution in [3.8, 4) is 6.07 Å². The van der Waals surface area contributed by atoms with Crippen LogP contribution in [0.15, 0.2) is 36.4 Å². The van der Waals surface area contributed by atoms with E-state index < -0.39 is 0 Å². The van der Waals surface area contributed by atoms with E-state index in [4.69, 9.17) is 10.00 Å². The van der Waals surface area contributed by atoms with Gasteiger partial charge < -0.3 is 4.74 Å². The van der Waals surface area contributed by atoms with Gasteiger partial charge in [-0.15, -0.1) is 0 Å². The molecule has 1 aromatic carbocycles. The van der Waals surface area contributed by atoms with Gasteiger partial charge in [0.15, 0.2) is 0 Å². The van der Waals surface area contributed by atoms with Crippen molar-refractivity contribution in [1.29, 1.82) is 5.26 Å². The standard InChI is InChI=1S/C13H13NO/c1-15-13(9-12(13)10-14)8-7-11-5-3-2-4-6-11/h2-8,12H,9H2,1H3/b8-7+/t12-,13-/m1/s1. The van der Waals surface area contributed by atoms with E-state index in [1.54, 1.807) is 7.11 Å². The van der Waals surface area contributed by atoms with Crippen LogP contribution in [0.1, 0.15) is 12.0 Å². The maximum Gasteiger partial charge on any atom is 0.103 e. The van der Waals surface area contributed by atoms with Crippen LogP contribution in [-0.4, -0.2) is 12.7 Å². The molecule has 2 nitrogen and oxygen atoms in total. The van der Waals surface area contributed by atoms with Gasteiger partial charge in [-0.2, -0.15) is 5.26 Å². The van der Waals surface area contributed by atoms with Crippen LogP contribution in [0.5, 0.6) is 0 Å². The minimum Gasteiger partial charge on any atom is -0.373 e. The van der Waals surface area contributed by atoms with Gasteiger partial charge in [-0.1, -0.05) is 42.5 Å². The van der Waals surface area contributed by atoms with Crippen molar-refractivity contribution in [2.24, 2.45) is 5.92 Å². The van der Waals surface area contributed by atoms with Crippen molar-refractivity contribution < 1.29 is 4.74 Å². The smallest absolute Gasteiger partial charge is 0.103 e. The summed E-state index contributed by atoms with van der Waals surface area (Å²) in [5, 5.41) is 8.81. The normalized spacial score (nSPS) is 28.9. The van der Waals surface area contributed by atoms with Crippen LogP contribution in [0.2, 0.25) is 0 Å². The van der Waals surface area contributed by atoms with Gasteiger partial charge in [0.1, 0.15) is 5.60 Å². The Morgan fingerprint density at radius 1 is 1.47 bits per heavy atom. The average molecular weight is 199 g/mol. The molecule has 0 bridgehead atoms. The van der Waals surface area contributed by atoms with Gasteiger partial charge in [-0.3, -0.25) is 0 Å². The van der Waals surface area contributed by atoms with Gasteiger partial charge in [-0.25, -0.2) is 0 Å². The van der Waals surface area contributed by atoms with E-state index in [1.165, 1.54) is 0 Å². The monoisotopic (exact) mass is 199 g/mol. The van der Waals surface area contributed by atoms with E-state index in [-0.39, 0.29) is 11.5 Å². The molecular formula is C13H13NO. The molecule has 0 N–H and O–H groups in total. The van der Waals surface area contributed by atoms with Crippen molar-refractivity contribution in [3.63, 3.8) is 0 Å². The lowest BCUT2D eigenvalue weighted by atomic mass is 10.1. The summed E-state index contributed by atoms with van der Waals surface area (Å²) in [5.41, 5.74) is 0.808. The number of nitrogens with zero attached hydrogens (tertiary/aromatic N) is 1. The average Bonchev–Trinajstić information content (AvgIpc) is 3.02. The minimum atomic E-state index is -0.329. The quantitative estimate of drug-likeness (QED) is 0.749. The molecule has 1 saturated carbocycles. The lowest BCUT2D eigenvalue weighted by Gasteiger charge is -2.06. The first-order valence-corrected chi connectivity index (χ1v) is 5.00. The van der Waals surface area contributed by atoms with E-state index in [9.17, 15) is 0 Å². The highest BCUT2D eigenvalue weighted by molar-refractivity contribution is 5.52. The highest BCUT2D eigenvalue weighted by Crippen LogP contribution is 2.47. The largest absolute Gasteiger partial charge is 0.373 e. The van der Waals surface area contributed by atoms with Crippen LogP contribution < -0.4 is 0 Å². The Balaban J connectivity index is 2.10. The van der Waals surface area contributed by atoms with E-state index in [0.717, 1.165) is 12.0 Å².